The van der Waals surface area contributed by atoms with Gasteiger partial charge < -0.3 is 4.98 Å². The fraction of sp³-hybridized carbons (Fsp3) is 0.211. The van der Waals surface area contributed by atoms with Crippen molar-refractivity contribution in [1.29, 1.82) is 0 Å². The third-order valence-electron chi connectivity index (χ3n) is 4.22. The minimum Gasteiger partial charge on any atom is -0.341 e. The van der Waals surface area contributed by atoms with Crippen LogP contribution in [0.1, 0.15) is 17.8 Å². The second-order valence-electron chi connectivity index (χ2n) is 6.11. The standard InChI is InChI=1S/C19H17N3O2S/c1-12-5-4-6-13(9-12)22-18(23)10-16(19(22)24)25-11-17-20-14-7-2-3-8-15(14)21-17/h2-9,16H,10-11H2,1H3,(H,20,21)/t16-/m0/s1. The second-order valence-corrected chi connectivity index (χ2v) is 7.30. The van der Waals surface area contributed by atoms with Crippen LogP contribution in [-0.4, -0.2) is 27.0 Å². The molecule has 6 heteroatoms. The van der Waals surface area contributed by atoms with E-state index in [1.54, 1.807) is 6.07 Å². The number of aryl methyl sites for hydroxylation is 1. The van der Waals surface area contributed by atoms with Crippen molar-refractivity contribution in [2.24, 2.45) is 0 Å². The van der Waals surface area contributed by atoms with Gasteiger partial charge in [-0.1, -0.05) is 24.3 Å². The number of hydrogen-bond acceptors (Lipinski definition) is 4. The summed E-state index contributed by atoms with van der Waals surface area (Å²) in [6, 6.07) is 15.3. The highest BCUT2D eigenvalue weighted by Crippen LogP contribution is 2.31. The number of carbonyl (C=O) groups is 2. The second kappa shape index (κ2) is 6.37. The lowest BCUT2D eigenvalue weighted by Gasteiger charge is -2.15. The molecule has 0 spiro atoms. The van der Waals surface area contributed by atoms with Crippen molar-refractivity contribution in [1.82, 2.24) is 9.97 Å². The lowest BCUT2D eigenvalue weighted by Crippen LogP contribution is -2.31. The number of aromatic nitrogens is 2. The molecule has 1 aromatic heterocycles. The van der Waals surface area contributed by atoms with Crippen LogP contribution >= 0.6 is 11.8 Å². The Hall–Kier alpha value is -2.60. The molecular weight excluding hydrogens is 334 g/mol. The monoisotopic (exact) mass is 351 g/mol. The Labute approximate surface area is 149 Å². The Bertz CT molecular complexity index is 933. The zero-order chi connectivity index (χ0) is 17.4. The van der Waals surface area contributed by atoms with E-state index in [0.717, 1.165) is 22.4 Å². The number of nitrogens with zero attached hydrogens (tertiary/aromatic N) is 2. The lowest BCUT2D eigenvalue weighted by molar-refractivity contribution is -0.121. The molecule has 0 saturated carbocycles. The van der Waals surface area contributed by atoms with Crippen molar-refractivity contribution in [2.75, 3.05) is 4.90 Å². The van der Waals surface area contributed by atoms with E-state index in [2.05, 4.69) is 9.97 Å². The Kier molecular flexibility index (Phi) is 4.05. The number of amides is 2. The van der Waals surface area contributed by atoms with Gasteiger partial charge in [-0.15, -0.1) is 11.8 Å². The SMILES string of the molecule is Cc1cccc(N2C(=O)C[C@H](SCc3nc4ccccc4[nH]3)C2=O)c1. The fourth-order valence-electron chi connectivity index (χ4n) is 3.03. The predicted molar refractivity (Wildman–Crippen MR) is 99.5 cm³/mol. The van der Waals surface area contributed by atoms with E-state index in [0.29, 0.717) is 11.4 Å². The molecule has 3 aromatic rings. The number of thioether (sulfide) groups is 1. The molecule has 0 unspecified atom stereocenters. The van der Waals surface area contributed by atoms with Crippen molar-refractivity contribution < 1.29 is 9.59 Å². The number of imidazole rings is 1. The summed E-state index contributed by atoms with van der Waals surface area (Å²) in [7, 11) is 0. The molecule has 1 aliphatic rings. The number of nitrogens with one attached hydrogen (secondary N) is 1. The minimum atomic E-state index is -0.360. The van der Waals surface area contributed by atoms with Crippen LogP contribution in [-0.2, 0) is 15.3 Å². The van der Waals surface area contributed by atoms with Crippen molar-refractivity contribution in [3.8, 4) is 0 Å². The van der Waals surface area contributed by atoms with E-state index in [9.17, 15) is 9.59 Å². The summed E-state index contributed by atoms with van der Waals surface area (Å²) in [5, 5.41) is -0.360. The summed E-state index contributed by atoms with van der Waals surface area (Å²) in [5.74, 6) is 1.11. The van der Waals surface area contributed by atoms with E-state index < -0.39 is 0 Å². The number of benzene rings is 2. The summed E-state index contributed by atoms with van der Waals surface area (Å²) in [6.45, 7) is 1.95. The van der Waals surface area contributed by atoms with Gasteiger partial charge in [0, 0.05) is 6.42 Å². The van der Waals surface area contributed by atoms with Gasteiger partial charge in [-0.3, -0.25) is 9.59 Å². The maximum Gasteiger partial charge on any atom is 0.247 e. The van der Waals surface area contributed by atoms with E-state index in [4.69, 9.17) is 0 Å². The molecular formula is C19H17N3O2S. The highest BCUT2D eigenvalue weighted by atomic mass is 32.2. The van der Waals surface area contributed by atoms with Gasteiger partial charge in [0.25, 0.3) is 0 Å². The number of rotatable bonds is 4. The maximum atomic E-state index is 12.7. The number of imide groups is 1. The van der Waals surface area contributed by atoms with Gasteiger partial charge in [0.2, 0.25) is 11.8 Å². The lowest BCUT2D eigenvalue weighted by atomic mass is 10.2. The average Bonchev–Trinajstić information content (AvgIpc) is 3.13. The Morgan fingerprint density at radius 2 is 2.04 bits per heavy atom. The van der Waals surface area contributed by atoms with Crippen molar-refractivity contribution in [3.05, 3.63) is 59.9 Å². The number of aromatic amines is 1. The summed E-state index contributed by atoms with van der Waals surface area (Å²) >= 11 is 1.46. The van der Waals surface area contributed by atoms with Crippen LogP contribution < -0.4 is 4.90 Å². The molecule has 1 N–H and O–H groups in total. The van der Waals surface area contributed by atoms with Gasteiger partial charge in [0.05, 0.1) is 27.7 Å². The van der Waals surface area contributed by atoms with Crippen LogP contribution in [0.4, 0.5) is 5.69 Å². The molecule has 1 atom stereocenters. The van der Waals surface area contributed by atoms with Gasteiger partial charge in [0.15, 0.2) is 0 Å². The highest BCUT2D eigenvalue weighted by Gasteiger charge is 2.39. The van der Waals surface area contributed by atoms with Crippen LogP contribution in [0.3, 0.4) is 0 Å². The van der Waals surface area contributed by atoms with Gasteiger partial charge in [-0.25, -0.2) is 9.88 Å². The summed E-state index contributed by atoms with van der Waals surface area (Å²) in [6.07, 6.45) is 0.234. The van der Waals surface area contributed by atoms with Crippen LogP contribution in [0.2, 0.25) is 0 Å². The normalized spacial score (nSPS) is 17.6. The van der Waals surface area contributed by atoms with Crippen molar-refractivity contribution in [2.45, 2.75) is 24.3 Å². The summed E-state index contributed by atoms with van der Waals surface area (Å²) in [4.78, 5) is 34.1. The Morgan fingerprint density at radius 1 is 1.20 bits per heavy atom. The first-order chi connectivity index (χ1) is 12.1. The molecule has 0 radical (unpaired) electrons. The topological polar surface area (TPSA) is 66.1 Å². The molecule has 1 fully saturated rings. The zero-order valence-corrected chi connectivity index (χ0v) is 14.5. The van der Waals surface area contributed by atoms with Crippen LogP contribution in [0.5, 0.6) is 0 Å². The minimum absolute atomic E-state index is 0.141. The molecule has 4 rings (SSSR count). The molecule has 1 aliphatic heterocycles. The molecule has 2 heterocycles. The molecule has 25 heavy (non-hydrogen) atoms. The molecule has 2 aromatic carbocycles. The molecule has 1 saturated heterocycles. The molecule has 2 amide bonds. The third-order valence-corrected chi connectivity index (χ3v) is 5.44. The van der Waals surface area contributed by atoms with E-state index >= 15 is 0 Å². The van der Waals surface area contributed by atoms with Crippen LogP contribution in [0.25, 0.3) is 11.0 Å². The summed E-state index contributed by atoms with van der Waals surface area (Å²) < 4.78 is 0. The van der Waals surface area contributed by atoms with E-state index in [1.165, 1.54) is 16.7 Å². The fourth-order valence-corrected chi connectivity index (χ4v) is 4.03. The van der Waals surface area contributed by atoms with Gasteiger partial charge in [-0.2, -0.15) is 0 Å². The first-order valence-electron chi connectivity index (χ1n) is 8.10. The average molecular weight is 351 g/mol. The first-order valence-corrected chi connectivity index (χ1v) is 9.15. The predicted octanol–water partition coefficient (Wildman–Crippen LogP) is 3.44. The van der Waals surface area contributed by atoms with E-state index in [-0.39, 0.29) is 23.5 Å². The highest BCUT2D eigenvalue weighted by molar-refractivity contribution is 7.99. The molecule has 0 bridgehead atoms. The molecule has 5 nitrogen and oxygen atoms in total. The number of carbonyl (C=O) groups excluding carboxylic acids is 2. The maximum absolute atomic E-state index is 12.7. The van der Waals surface area contributed by atoms with Crippen LogP contribution in [0, 0.1) is 6.92 Å². The first kappa shape index (κ1) is 15.9. The Balaban J connectivity index is 1.48. The van der Waals surface area contributed by atoms with Gasteiger partial charge in [0.1, 0.15) is 5.82 Å². The van der Waals surface area contributed by atoms with Gasteiger partial charge >= 0.3 is 0 Å². The number of H-pyrrole nitrogens is 1. The third kappa shape index (κ3) is 3.05. The molecule has 126 valence electrons. The molecule has 0 aliphatic carbocycles. The number of anilines is 1. The quantitative estimate of drug-likeness (QED) is 0.731. The van der Waals surface area contributed by atoms with Crippen LogP contribution in [0.15, 0.2) is 48.5 Å². The zero-order valence-electron chi connectivity index (χ0n) is 13.7. The Morgan fingerprint density at radius 3 is 2.84 bits per heavy atom. The number of hydrogen-bond donors (Lipinski definition) is 1. The van der Waals surface area contributed by atoms with Gasteiger partial charge in [-0.05, 0) is 36.8 Å². The van der Waals surface area contributed by atoms with E-state index in [1.807, 2.05) is 49.4 Å². The number of fused-ring (bicyclic) bond motifs is 1. The largest absolute Gasteiger partial charge is 0.341 e. The van der Waals surface area contributed by atoms with Crippen molar-refractivity contribution in [3.63, 3.8) is 0 Å². The smallest absolute Gasteiger partial charge is 0.247 e. The number of para-hydroxylation sites is 2. The van der Waals surface area contributed by atoms with Crippen molar-refractivity contribution >= 4 is 40.3 Å². The summed E-state index contributed by atoms with van der Waals surface area (Å²) in [5.41, 5.74) is 3.57.